The van der Waals surface area contributed by atoms with E-state index < -0.39 is 16.9 Å². The number of amides is 1. The SMILES string of the molecule is CC[C@]1(c2c(C)ccc(C(N)=O)c2O)CC(=O)CC[C@@]1(O)C(C)C. The number of aliphatic hydroxyl groups is 1. The van der Waals surface area contributed by atoms with Crippen LogP contribution in [0.5, 0.6) is 5.75 Å². The molecule has 1 fully saturated rings. The zero-order valence-electron chi connectivity index (χ0n) is 14.8. The number of rotatable bonds is 4. The number of primary amides is 1. The minimum Gasteiger partial charge on any atom is -0.507 e. The Hall–Kier alpha value is -1.88. The first-order valence-corrected chi connectivity index (χ1v) is 8.47. The molecular formula is C19H27NO4. The Kier molecular flexibility index (Phi) is 4.77. The van der Waals surface area contributed by atoms with Crippen molar-refractivity contribution >= 4 is 11.7 Å². The van der Waals surface area contributed by atoms with Gasteiger partial charge in [0, 0.05) is 23.8 Å². The number of carbonyl (C=O) groups excluding carboxylic acids is 2. The summed E-state index contributed by atoms with van der Waals surface area (Å²) in [6, 6.07) is 3.20. The average Bonchev–Trinajstić information content (AvgIpc) is 2.50. The average molecular weight is 333 g/mol. The molecule has 0 bridgehead atoms. The van der Waals surface area contributed by atoms with Crippen molar-refractivity contribution in [2.45, 2.75) is 64.4 Å². The van der Waals surface area contributed by atoms with Gasteiger partial charge in [-0.15, -0.1) is 0 Å². The summed E-state index contributed by atoms with van der Waals surface area (Å²) < 4.78 is 0. The van der Waals surface area contributed by atoms with Crippen LogP contribution >= 0.6 is 0 Å². The van der Waals surface area contributed by atoms with Crippen molar-refractivity contribution in [1.82, 2.24) is 0 Å². The van der Waals surface area contributed by atoms with Crippen LogP contribution in [0.4, 0.5) is 0 Å². The van der Waals surface area contributed by atoms with Crippen LogP contribution in [0, 0.1) is 12.8 Å². The highest BCUT2D eigenvalue weighted by Gasteiger charge is 2.57. The Labute approximate surface area is 142 Å². The van der Waals surface area contributed by atoms with Gasteiger partial charge in [0.1, 0.15) is 11.5 Å². The molecule has 1 aliphatic rings. The minimum atomic E-state index is -1.14. The Bertz CT molecular complexity index is 682. The number of aryl methyl sites for hydroxylation is 1. The van der Waals surface area contributed by atoms with Crippen LogP contribution < -0.4 is 5.73 Å². The van der Waals surface area contributed by atoms with E-state index in [1.54, 1.807) is 6.07 Å². The number of Topliss-reactive ketones (excluding diaryl/α,β-unsaturated/α-hetero) is 1. The molecule has 1 aliphatic carbocycles. The van der Waals surface area contributed by atoms with E-state index in [2.05, 4.69) is 0 Å². The van der Waals surface area contributed by atoms with Gasteiger partial charge in [-0.3, -0.25) is 9.59 Å². The molecule has 1 saturated carbocycles. The largest absolute Gasteiger partial charge is 0.507 e. The smallest absolute Gasteiger partial charge is 0.252 e. The summed E-state index contributed by atoms with van der Waals surface area (Å²) in [6.45, 7) is 7.56. The maximum absolute atomic E-state index is 12.3. The minimum absolute atomic E-state index is 0.0209. The first-order chi connectivity index (χ1) is 11.1. The summed E-state index contributed by atoms with van der Waals surface area (Å²) in [5.74, 6) is -0.986. The second-order valence-electron chi connectivity index (χ2n) is 7.25. The van der Waals surface area contributed by atoms with E-state index in [1.807, 2.05) is 27.7 Å². The fraction of sp³-hybridized carbons (Fsp3) is 0.579. The third-order valence-electron chi connectivity index (χ3n) is 5.80. The Morgan fingerprint density at radius 2 is 2.00 bits per heavy atom. The van der Waals surface area contributed by atoms with Crippen molar-refractivity contribution in [3.8, 4) is 5.75 Å². The molecule has 0 spiro atoms. The zero-order chi connectivity index (χ0) is 18.3. The van der Waals surface area contributed by atoms with Gasteiger partial charge in [0.2, 0.25) is 0 Å². The molecule has 0 heterocycles. The molecule has 0 radical (unpaired) electrons. The first-order valence-electron chi connectivity index (χ1n) is 8.47. The maximum atomic E-state index is 12.3. The molecule has 4 N–H and O–H groups in total. The molecule has 1 aromatic rings. The Balaban J connectivity index is 2.83. The molecular weight excluding hydrogens is 306 g/mol. The predicted molar refractivity (Wildman–Crippen MR) is 92.0 cm³/mol. The van der Waals surface area contributed by atoms with Crippen molar-refractivity contribution in [1.29, 1.82) is 0 Å². The van der Waals surface area contributed by atoms with E-state index in [-0.39, 0.29) is 29.4 Å². The van der Waals surface area contributed by atoms with Gasteiger partial charge >= 0.3 is 0 Å². The molecule has 2 rings (SSSR count). The van der Waals surface area contributed by atoms with Crippen LogP contribution in [0.15, 0.2) is 12.1 Å². The number of ketones is 1. The number of benzene rings is 1. The normalized spacial score (nSPS) is 27.5. The molecule has 0 unspecified atom stereocenters. The molecule has 5 heteroatoms. The van der Waals surface area contributed by atoms with Crippen LogP contribution in [0.25, 0.3) is 0 Å². The summed E-state index contributed by atoms with van der Waals surface area (Å²) in [7, 11) is 0. The highest BCUT2D eigenvalue weighted by atomic mass is 16.3. The lowest BCUT2D eigenvalue weighted by molar-refractivity contribution is -0.143. The van der Waals surface area contributed by atoms with Gasteiger partial charge in [-0.05, 0) is 37.3 Å². The van der Waals surface area contributed by atoms with E-state index in [0.717, 1.165) is 5.56 Å². The molecule has 0 saturated heterocycles. The van der Waals surface area contributed by atoms with Gasteiger partial charge in [-0.1, -0.05) is 26.8 Å². The first kappa shape index (κ1) is 18.5. The van der Waals surface area contributed by atoms with Gasteiger partial charge in [-0.2, -0.15) is 0 Å². The number of hydrogen-bond donors (Lipinski definition) is 3. The van der Waals surface area contributed by atoms with E-state index in [4.69, 9.17) is 5.73 Å². The van der Waals surface area contributed by atoms with Crippen LogP contribution in [0.1, 0.15) is 67.9 Å². The second kappa shape index (κ2) is 6.20. The predicted octanol–water partition coefficient (Wildman–Crippen LogP) is 2.59. The second-order valence-corrected chi connectivity index (χ2v) is 7.25. The van der Waals surface area contributed by atoms with Crippen molar-refractivity contribution in [3.63, 3.8) is 0 Å². The number of phenols is 1. The fourth-order valence-corrected chi connectivity index (χ4v) is 4.40. The summed E-state index contributed by atoms with van der Waals surface area (Å²) in [5, 5.41) is 22.3. The monoisotopic (exact) mass is 333 g/mol. The van der Waals surface area contributed by atoms with Crippen LogP contribution in [-0.2, 0) is 10.2 Å². The number of nitrogens with two attached hydrogens (primary N) is 1. The van der Waals surface area contributed by atoms with Crippen molar-refractivity contribution < 1.29 is 19.8 Å². The standard InChI is InChI=1S/C19H27NO4/c1-5-18(10-13(21)8-9-19(18,24)11(2)3)15-12(4)6-7-14(16(15)22)17(20)23/h6-7,11,22,24H,5,8-10H2,1-4H3,(H2,20,23)/t18-,19-/m1/s1. The number of aromatic hydroxyl groups is 1. The molecule has 2 atom stereocenters. The summed E-state index contributed by atoms with van der Waals surface area (Å²) in [5.41, 5.74) is 4.54. The number of hydrogen-bond acceptors (Lipinski definition) is 4. The summed E-state index contributed by atoms with van der Waals surface area (Å²) >= 11 is 0. The molecule has 5 nitrogen and oxygen atoms in total. The topological polar surface area (TPSA) is 101 Å². The third-order valence-corrected chi connectivity index (χ3v) is 5.80. The number of carbonyl (C=O) groups is 2. The molecule has 24 heavy (non-hydrogen) atoms. The van der Waals surface area contributed by atoms with Gasteiger partial charge in [0.15, 0.2) is 0 Å². The molecule has 0 aliphatic heterocycles. The lowest BCUT2D eigenvalue weighted by Gasteiger charge is -2.53. The Morgan fingerprint density at radius 3 is 2.50 bits per heavy atom. The van der Waals surface area contributed by atoms with Crippen molar-refractivity contribution in [3.05, 3.63) is 28.8 Å². The molecule has 1 aromatic carbocycles. The summed E-state index contributed by atoms with van der Waals surface area (Å²) in [6.07, 6.45) is 1.29. The van der Waals surface area contributed by atoms with E-state index >= 15 is 0 Å². The van der Waals surface area contributed by atoms with E-state index in [1.165, 1.54) is 6.07 Å². The lowest BCUT2D eigenvalue weighted by atomic mass is 9.53. The highest BCUT2D eigenvalue weighted by molar-refractivity contribution is 5.96. The van der Waals surface area contributed by atoms with Gasteiger partial charge in [-0.25, -0.2) is 0 Å². The summed E-state index contributed by atoms with van der Waals surface area (Å²) in [4.78, 5) is 23.9. The zero-order valence-corrected chi connectivity index (χ0v) is 14.8. The third kappa shape index (κ3) is 2.51. The van der Waals surface area contributed by atoms with Crippen LogP contribution in [0.2, 0.25) is 0 Å². The van der Waals surface area contributed by atoms with Gasteiger partial charge < -0.3 is 15.9 Å². The van der Waals surface area contributed by atoms with Gasteiger partial charge in [0.25, 0.3) is 5.91 Å². The van der Waals surface area contributed by atoms with Gasteiger partial charge in [0.05, 0.1) is 11.2 Å². The van der Waals surface area contributed by atoms with Crippen LogP contribution in [-0.4, -0.2) is 27.5 Å². The highest BCUT2D eigenvalue weighted by Crippen LogP contribution is 2.54. The quantitative estimate of drug-likeness (QED) is 0.788. The van der Waals surface area contributed by atoms with Crippen molar-refractivity contribution in [2.75, 3.05) is 0 Å². The van der Waals surface area contributed by atoms with E-state index in [9.17, 15) is 19.8 Å². The van der Waals surface area contributed by atoms with E-state index in [0.29, 0.717) is 24.8 Å². The maximum Gasteiger partial charge on any atom is 0.252 e. The van der Waals surface area contributed by atoms with Crippen molar-refractivity contribution in [2.24, 2.45) is 11.7 Å². The van der Waals surface area contributed by atoms with Crippen LogP contribution in [0.3, 0.4) is 0 Å². The fourth-order valence-electron chi connectivity index (χ4n) is 4.40. The molecule has 1 amide bonds. The molecule has 0 aromatic heterocycles. The lowest BCUT2D eigenvalue weighted by Crippen LogP contribution is -2.59. The molecule has 132 valence electrons. The Morgan fingerprint density at radius 1 is 1.38 bits per heavy atom.